The molecule has 0 saturated heterocycles. The number of aryl methyl sites for hydroxylation is 3. The first-order chi connectivity index (χ1) is 12.4. The van der Waals surface area contributed by atoms with Gasteiger partial charge in [-0.2, -0.15) is 0 Å². The van der Waals surface area contributed by atoms with Crippen molar-refractivity contribution in [1.82, 2.24) is 15.3 Å². The zero-order chi connectivity index (χ0) is 18.7. The summed E-state index contributed by atoms with van der Waals surface area (Å²) >= 11 is 0. The van der Waals surface area contributed by atoms with E-state index in [4.69, 9.17) is 4.42 Å². The molecule has 0 atom stereocenters. The van der Waals surface area contributed by atoms with Crippen LogP contribution in [0.1, 0.15) is 22.4 Å². The molecule has 0 aliphatic carbocycles. The lowest BCUT2D eigenvalue weighted by Crippen LogP contribution is -2.24. The van der Waals surface area contributed by atoms with Crippen LogP contribution in [0.15, 0.2) is 38.3 Å². The molecule has 1 aromatic carbocycles. The van der Waals surface area contributed by atoms with Gasteiger partial charge < -0.3 is 15.1 Å². The molecule has 0 bridgehead atoms. The van der Waals surface area contributed by atoms with Gasteiger partial charge in [-0.25, -0.2) is 9.78 Å². The van der Waals surface area contributed by atoms with Crippen molar-refractivity contribution in [1.29, 1.82) is 0 Å². The summed E-state index contributed by atoms with van der Waals surface area (Å²) in [5.41, 5.74) is 3.90. The summed E-state index contributed by atoms with van der Waals surface area (Å²) in [6, 6.07) is 6.91. The standard InChI is InChI=1S/C19H22N4O3/c1-11-6-15-14(9-18(25)26-16(15)7-12(11)2)10-20-4-5-21-19-22-13(3)8-17(24)23-19/h6-9,20H,4-5,10H2,1-3H3,(H2,21,22,23,24). The fourth-order valence-corrected chi connectivity index (χ4v) is 2.78. The molecule has 0 spiro atoms. The van der Waals surface area contributed by atoms with Crippen molar-refractivity contribution in [2.24, 2.45) is 0 Å². The van der Waals surface area contributed by atoms with Crippen LogP contribution in [0.5, 0.6) is 0 Å². The summed E-state index contributed by atoms with van der Waals surface area (Å²) in [5.74, 6) is 0.453. The fourth-order valence-electron chi connectivity index (χ4n) is 2.78. The van der Waals surface area contributed by atoms with Gasteiger partial charge in [-0.3, -0.25) is 9.78 Å². The van der Waals surface area contributed by atoms with Crippen molar-refractivity contribution in [3.63, 3.8) is 0 Å². The maximum atomic E-state index is 11.8. The third kappa shape index (κ3) is 4.18. The highest BCUT2D eigenvalue weighted by molar-refractivity contribution is 5.81. The molecule has 7 nitrogen and oxygen atoms in total. The number of benzene rings is 1. The molecule has 0 aliphatic heterocycles. The molecule has 0 amide bonds. The van der Waals surface area contributed by atoms with Crippen molar-refractivity contribution in [2.75, 3.05) is 18.4 Å². The van der Waals surface area contributed by atoms with Gasteiger partial charge in [0.15, 0.2) is 0 Å². The Labute approximate surface area is 150 Å². The van der Waals surface area contributed by atoms with Crippen LogP contribution in [0.3, 0.4) is 0 Å². The lowest BCUT2D eigenvalue weighted by atomic mass is 10.0. The average molecular weight is 354 g/mol. The van der Waals surface area contributed by atoms with Gasteiger partial charge >= 0.3 is 5.63 Å². The van der Waals surface area contributed by atoms with Crippen LogP contribution in [0.25, 0.3) is 11.0 Å². The van der Waals surface area contributed by atoms with E-state index in [1.54, 1.807) is 6.92 Å². The van der Waals surface area contributed by atoms with Gasteiger partial charge in [-0.15, -0.1) is 0 Å². The van der Waals surface area contributed by atoms with E-state index in [9.17, 15) is 9.59 Å². The number of nitrogens with one attached hydrogen (secondary N) is 3. The van der Waals surface area contributed by atoms with Gasteiger partial charge in [0.25, 0.3) is 5.56 Å². The van der Waals surface area contributed by atoms with Crippen molar-refractivity contribution >= 4 is 16.9 Å². The number of aromatic nitrogens is 2. The van der Waals surface area contributed by atoms with E-state index < -0.39 is 0 Å². The summed E-state index contributed by atoms with van der Waals surface area (Å²) in [7, 11) is 0. The number of anilines is 1. The Morgan fingerprint density at radius 2 is 1.81 bits per heavy atom. The van der Waals surface area contributed by atoms with Gasteiger partial charge in [-0.05, 0) is 49.6 Å². The molecule has 7 heteroatoms. The predicted octanol–water partition coefficient (Wildman–Crippen LogP) is 2.00. The number of H-pyrrole nitrogens is 1. The van der Waals surface area contributed by atoms with E-state index >= 15 is 0 Å². The highest BCUT2D eigenvalue weighted by Crippen LogP contribution is 2.21. The average Bonchev–Trinajstić information content (AvgIpc) is 2.55. The van der Waals surface area contributed by atoms with Crippen LogP contribution in [0, 0.1) is 20.8 Å². The molecule has 0 saturated carbocycles. The normalized spacial score (nSPS) is 11.0. The van der Waals surface area contributed by atoms with Gasteiger partial charge in [0.2, 0.25) is 5.95 Å². The highest BCUT2D eigenvalue weighted by atomic mass is 16.4. The van der Waals surface area contributed by atoms with Crippen molar-refractivity contribution in [2.45, 2.75) is 27.3 Å². The number of hydrogen-bond donors (Lipinski definition) is 3. The third-order valence-corrected chi connectivity index (χ3v) is 4.22. The van der Waals surface area contributed by atoms with Crippen molar-refractivity contribution < 1.29 is 4.42 Å². The Bertz CT molecular complexity index is 1050. The van der Waals surface area contributed by atoms with Crippen molar-refractivity contribution in [3.05, 3.63) is 67.4 Å². The highest BCUT2D eigenvalue weighted by Gasteiger charge is 2.07. The molecule has 0 fully saturated rings. The van der Waals surface area contributed by atoms with E-state index in [2.05, 4.69) is 20.6 Å². The topological polar surface area (TPSA) is 100 Å². The van der Waals surface area contributed by atoms with Crippen molar-refractivity contribution in [3.8, 4) is 0 Å². The number of aromatic amines is 1. The molecular weight excluding hydrogens is 332 g/mol. The minimum absolute atomic E-state index is 0.180. The fraction of sp³-hybridized carbons (Fsp3) is 0.316. The third-order valence-electron chi connectivity index (χ3n) is 4.22. The summed E-state index contributed by atoms with van der Waals surface area (Å²) in [4.78, 5) is 30.0. The summed E-state index contributed by atoms with van der Waals surface area (Å²) in [6.45, 7) is 7.58. The van der Waals surface area contributed by atoms with E-state index in [-0.39, 0.29) is 11.2 Å². The van der Waals surface area contributed by atoms with Crippen LogP contribution in [0.2, 0.25) is 0 Å². The molecule has 3 aromatic rings. The number of nitrogens with zero attached hydrogens (tertiary/aromatic N) is 1. The lowest BCUT2D eigenvalue weighted by Gasteiger charge is -2.10. The molecule has 0 aliphatic rings. The maximum absolute atomic E-state index is 11.8. The zero-order valence-electron chi connectivity index (χ0n) is 15.1. The largest absolute Gasteiger partial charge is 0.423 e. The number of rotatable bonds is 6. The van der Waals surface area contributed by atoms with Crippen LogP contribution < -0.4 is 21.8 Å². The summed E-state index contributed by atoms with van der Waals surface area (Å²) < 4.78 is 5.31. The molecular formula is C19H22N4O3. The molecule has 2 aromatic heterocycles. The number of hydrogen-bond acceptors (Lipinski definition) is 6. The minimum atomic E-state index is -0.350. The van der Waals surface area contributed by atoms with Crippen LogP contribution >= 0.6 is 0 Å². The van der Waals surface area contributed by atoms with E-state index in [1.807, 2.05) is 26.0 Å². The molecule has 3 N–H and O–H groups in total. The monoisotopic (exact) mass is 354 g/mol. The van der Waals surface area contributed by atoms with E-state index in [1.165, 1.54) is 12.1 Å². The quantitative estimate of drug-likeness (QED) is 0.462. The second-order valence-corrected chi connectivity index (χ2v) is 6.36. The molecule has 0 radical (unpaired) electrons. The first-order valence-corrected chi connectivity index (χ1v) is 8.49. The second-order valence-electron chi connectivity index (χ2n) is 6.36. The second kappa shape index (κ2) is 7.53. The van der Waals surface area contributed by atoms with Crippen LogP contribution in [-0.4, -0.2) is 23.1 Å². The SMILES string of the molecule is Cc1cc(=O)[nH]c(NCCNCc2cc(=O)oc3cc(C)c(C)cc23)n1. The molecule has 136 valence electrons. The van der Waals surface area contributed by atoms with Gasteiger partial charge in [0.1, 0.15) is 5.58 Å². The first-order valence-electron chi connectivity index (χ1n) is 8.49. The lowest BCUT2D eigenvalue weighted by molar-refractivity contribution is 0.556. The zero-order valence-corrected chi connectivity index (χ0v) is 15.1. The van der Waals surface area contributed by atoms with Gasteiger partial charge in [-0.1, -0.05) is 0 Å². The Kier molecular flexibility index (Phi) is 5.18. The summed E-state index contributed by atoms with van der Waals surface area (Å²) in [5, 5.41) is 7.30. The van der Waals surface area contributed by atoms with Crippen LogP contribution in [-0.2, 0) is 6.54 Å². The predicted molar refractivity (Wildman–Crippen MR) is 102 cm³/mol. The molecule has 2 heterocycles. The smallest absolute Gasteiger partial charge is 0.336 e. The van der Waals surface area contributed by atoms with Gasteiger partial charge in [0, 0.05) is 42.8 Å². The number of fused-ring (bicyclic) bond motifs is 1. The Morgan fingerprint density at radius 1 is 1.04 bits per heavy atom. The first kappa shape index (κ1) is 17.9. The maximum Gasteiger partial charge on any atom is 0.336 e. The minimum Gasteiger partial charge on any atom is -0.423 e. The van der Waals surface area contributed by atoms with Crippen LogP contribution in [0.4, 0.5) is 5.95 Å². The van der Waals surface area contributed by atoms with E-state index in [0.717, 1.165) is 22.1 Å². The Balaban J connectivity index is 1.64. The van der Waals surface area contributed by atoms with E-state index in [0.29, 0.717) is 36.9 Å². The molecule has 26 heavy (non-hydrogen) atoms. The Hall–Kier alpha value is -2.93. The van der Waals surface area contributed by atoms with Gasteiger partial charge in [0.05, 0.1) is 0 Å². The summed E-state index contributed by atoms with van der Waals surface area (Å²) in [6.07, 6.45) is 0. The molecule has 3 rings (SSSR count). The Morgan fingerprint density at radius 3 is 2.58 bits per heavy atom. The molecule has 0 unspecified atom stereocenters.